The Hall–Kier alpha value is -1.22. The minimum absolute atomic E-state index is 0.0569. The summed E-state index contributed by atoms with van der Waals surface area (Å²) in [6.07, 6.45) is -0.136. The highest BCUT2D eigenvalue weighted by Crippen LogP contribution is 2.26. The zero-order valence-electron chi connectivity index (χ0n) is 10.7. The van der Waals surface area contributed by atoms with Crippen molar-refractivity contribution in [3.8, 4) is 0 Å². The molecule has 1 heterocycles. The highest BCUT2D eigenvalue weighted by Gasteiger charge is 2.17. The zero-order chi connectivity index (χ0) is 15.5. The maximum absolute atomic E-state index is 12.1. The molecule has 0 unspecified atom stereocenters. The quantitative estimate of drug-likeness (QED) is 0.795. The van der Waals surface area contributed by atoms with Crippen LogP contribution in [0.1, 0.15) is 11.1 Å². The van der Waals surface area contributed by atoms with Gasteiger partial charge in [-0.05, 0) is 39.2 Å². The fourth-order valence-electron chi connectivity index (χ4n) is 1.75. The first kappa shape index (κ1) is 16.2. The molecule has 21 heavy (non-hydrogen) atoms. The third-order valence-electron chi connectivity index (χ3n) is 2.73. The van der Waals surface area contributed by atoms with Gasteiger partial charge in [0, 0.05) is 6.54 Å². The van der Waals surface area contributed by atoms with E-state index in [2.05, 4.69) is 20.7 Å². The Morgan fingerprint density at radius 2 is 1.86 bits per heavy atom. The third-order valence-corrected chi connectivity index (χ3v) is 6.24. The summed E-state index contributed by atoms with van der Waals surface area (Å²) in [5.41, 5.74) is 1.25. The van der Waals surface area contributed by atoms with Crippen molar-refractivity contribution in [1.29, 1.82) is 0 Å². The van der Waals surface area contributed by atoms with Gasteiger partial charge >= 0.3 is 5.97 Å². The van der Waals surface area contributed by atoms with E-state index in [4.69, 9.17) is 5.11 Å². The van der Waals surface area contributed by atoms with E-state index in [1.807, 2.05) is 0 Å². The first-order valence-electron chi connectivity index (χ1n) is 5.92. The summed E-state index contributed by atoms with van der Waals surface area (Å²) in [6, 6.07) is 10.0. The molecule has 0 bridgehead atoms. The summed E-state index contributed by atoms with van der Waals surface area (Å²) in [7, 11) is -3.59. The number of aliphatic carboxylic acids is 1. The van der Waals surface area contributed by atoms with E-state index in [1.165, 1.54) is 6.07 Å². The van der Waals surface area contributed by atoms with Gasteiger partial charge < -0.3 is 5.11 Å². The molecule has 0 aliphatic carbocycles. The Labute approximate surface area is 134 Å². The summed E-state index contributed by atoms with van der Waals surface area (Å²) in [5, 5.41) is 8.86. The topological polar surface area (TPSA) is 83.5 Å². The van der Waals surface area contributed by atoms with E-state index in [9.17, 15) is 13.2 Å². The average molecular weight is 390 g/mol. The lowest BCUT2D eigenvalue weighted by Gasteiger charge is -2.09. The molecule has 0 saturated heterocycles. The van der Waals surface area contributed by atoms with Gasteiger partial charge in [0.05, 0.1) is 10.2 Å². The largest absolute Gasteiger partial charge is 0.481 e. The van der Waals surface area contributed by atoms with Crippen molar-refractivity contribution < 1.29 is 18.3 Å². The predicted molar refractivity (Wildman–Crippen MR) is 83.8 cm³/mol. The van der Waals surface area contributed by atoms with Crippen molar-refractivity contribution in [2.75, 3.05) is 0 Å². The Morgan fingerprint density at radius 1 is 1.19 bits per heavy atom. The Balaban J connectivity index is 2.15. The molecule has 0 atom stereocenters. The number of carboxylic acid groups (broad SMARTS) is 1. The van der Waals surface area contributed by atoms with Gasteiger partial charge in [-0.3, -0.25) is 4.79 Å². The molecule has 1 aromatic carbocycles. The lowest BCUT2D eigenvalue weighted by Crippen LogP contribution is -2.23. The molecule has 0 aliphatic rings. The first-order valence-corrected chi connectivity index (χ1v) is 9.01. The molecule has 2 N–H and O–H groups in total. The van der Waals surface area contributed by atoms with Crippen molar-refractivity contribution in [2.24, 2.45) is 0 Å². The Bertz CT molecular complexity index is 755. The molecule has 8 heteroatoms. The number of halogens is 1. The zero-order valence-corrected chi connectivity index (χ0v) is 14.0. The van der Waals surface area contributed by atoms with Crippen LogP contribution < -0.4 is 4.72 Å². The van der Waals surface area contributed by atoms with Crippen molar-refractivity contribution in [3.63, 3.8) is 0 Å². The van der Waals surface area contributed by atoms with E-state index in [0.717, 1.165) is 15.1 Å². The molecule has 0 saturated carbocycles. The first-order chi connectivity index (χ1) is 9.88. The van der Waals surface area contributed by atoms with E-state index in [-0.39, 0.29) is 17.2 Å². The van der Waals surface area contributed by atoms with Gasteiger partial charge in [0.25, 0.3) is 0 Å². The number of nitrogens with one attached hydrogen (secondary N) is 1. The fourth-order valence-corrected chi connectivity index (χ4v) is 4.81. The second kappa shape index (κ2) is 6.69. The molecule has 2 aromatic rings. The maximum atomic E-state index is 12.1. The van der Waals surface area contributed by atoms with E-state index in [0.29, 0.717) is 11.1 Å². The average Bonchev–Trinajstić information content (AvgIpc) is 2.85. The van der Waals surface area contributed by atoms with E-state index >= 15 is 0 Å². The lowest BCUT2D eigenvalue weighted by atomic mass is 10.1. The van der Waals surface area contributed by atoms with Crippen molar-refractivity contribution in [3.05, 3.63) is 51.3 Å². The second-order valence-electron chi connectivity index (χ2n) is 4.22. The molecular weight excluding hydrogens is 378 g/mol. The van der Waals surface area contributed by atoms with E-state index in [1.54, 1.807) is 30.3 Å². The molecule has 0 aliphatic heterocycles. The summed E-state index contributed by atoms with van der Waals surface area (Å²) in [6.45, 7) is 0.0569. The number of hydrogen-bond acceptors (Lipinski definition) is 4. The number of benzene rings is 1. The standard InChI is InChI=1S/C13H12BrNO4S2/c14-11-5-6-13(20-11)21(18,19)15-8-10-4-2-1-3-9(10)7-12(16)17/h1-6,15H,7-8H2,(H,16,17). The second-order valence-corrected chi connectivity index (χ2v) is 8.68. The highest BCUT2D eigenvalue weighted by molar-refractivity contribution is 9.11. The molecule has 2 rings (SSSR count). The van der Waals surface area contributed by atoms with Gasteiger partial charge in [0.1, 0.15) is 4.21 Å². The summed E-state index contributed by atoms with van der Waals surface area (Å²) in [5.74, 6) is -0.951. The van der Waals surface area contributed by atoms with Gasteiger partial charge in [-0.25, -0.2) is 13.1 Å². The third kappa shape index (κ3) is 4.37. The minimum Gasteiger partial charge on any atom is -0.481 e. The smallest absolute Gasteiger partial charge is 0.307 e. The number of thiophene rings is 1. The fraction of sp³-hybridized carbons (Fsp3) is 0.154. The normalized spacial score (nSPS) is 11.5. The summed E-state index contributed by atoms with van der Waals surface area (Å²) in [4.78, 5) is 10.8. The molecule has 1 aromatic heterocycles. The van der Waals surface area contributed by atoms with Crippen LogP contribution in [0, 0.1) is 0 Å². The number of hydrogen-bond donors (Lipinski definition) is 2. The van der Waals surface area contributed by atoms with Crippen molar-refractivity contribution in [1.82, 2.24) is 4.72 Å². The van der Waals surface area contributed by atoms with Crippen molar-refractivity contribution >= 4 is 43.3 Å². The summed E-state index contributed by atoms with van der Waals surface area (Å²) >= 11 is 4.34. The van der Waals surface area contributed by atoms with Crippen LogP contribution in [-0.4, -0.2) is 19.5 Å². The van der Waals surface area contributed by atoms with Crippen LogP contribution >= 0.6 is 27.3 Å². The summed E-state index contributed by atoms with van der Waals surface area (Å²) < 4.78 is 27.7. The van der Waals surface area contributed by atoms with Crippen molar-refractivity contribution in [2.45, 2.75) is 17.2 Å². The predicted octanol–water partition coefficient (Wildman–Crippen LogP) is 2.62. The van der Waals surface area contributed by atoms with Gasteiger partial charge in [-0.2, -0.15) is 0 Å². The van der Waals surface area contributed by atoms with Crippen LogP contribution in [0.2, 0.25) is 0 Å². The molecule has 0 amide bonds. The van der Waals surface area contributed by atoms with Crippen LogP contribution in [0.25, 0.3) is 0 Å². The van der Waals surface area contributed by atoms with Crippen LogP contribution in [-0.2, 0) is 27.8 Å². The van der Waals surface area contributed by atoms with Gasteiger partial charge in [0.15, 0.2) is 0 Å². The maximum Gasteiger partial charge on any atom is 0.307 e. The van der Waals surface area contributed by atoms with E-state index < -0.39 is 16.0 Å². The lowest BCUT2D eigenvalue weighted by molar-refractivity contribution is -0.136. The van der Waals surface area contributed by atoms with Gasteiger partial charge in [0.2, 0.25) is 10.0 Å². The van der Waals surface area contributed by atoms with Crippen LogP contribution in [0.5, 0.6) is 0 Å². The molecule has 5 nitrogen and oxygen atoms in total. The SMILES string of the molecule is O=C(O)Cc1ccccc1CNS(=O)(=O)c1ccc(Br)s1. The minimum atomic E-state index is -3.59. The Kier molecular flexibility index (Phi) is 5.15. The van der Waals surface area contributed by atoms with Gasteiger partial charge in [-0.1, -0.05) is 24.3 Å². The van der Waals surface area contributed by atoms with Gasteiger partial charge in [-0.15, -0.1) is 11.3 Å². The number of rotatable bonds is 6. The highest BCUT2D eigenvalue weighted by atomic mass is 79.9. The molecule has 0 spiro atoms. The monoisotopic (exact) mass is 389 g/mol. The number of carboxylic acids is 1. The Morgan fingerprint density at radius 3 is 2.43 bits per heavy atom. The molecular formula is C13H12BrNO4S2. The number of carbonyl (C=O) groups is 1. The number of sulfonamides is 1. The molecule has 112 valence electrons. The van der Waals surface area contributed by atoms with Crippen LogP contribution in [0.15, 0.2) is 44.4 Å². The molecule has 0 radical (unpaired) electrons. The van der Waals surface area contributed by atoms with Crippen LogP contribution in [0.4, 0.5) is 0 Å². The van der Waals surface area contributed by atoms with Crippen LogP contribution in [0.3, 0.4) is 0 Å². The molecule has 0 fully saturated rings.